The van der Waals surface area contributed by atoms with Gasteiger partial charge in [0.2, 0.25) is 0 Å². The van der Waals surface area contributed by atoms with Crippen LogP contribution in [0, 0.1) is 0 Å². The molecule has 4 heteroatoms. The van der Waals surface area contributed by atoms with Gasteiger partial charge in [0.25, 0.3) is 0 Å². The highest BCUT2D eigenvalue weighted by Gasteiger charge is 2.19. The van der Waals surface area contributed by atoms with Crippen molar-refractivity contribution in [3.63, 3.8) is 0 Å². The van der Waals surface area contributed by atoms with Gasteiger partial charge < -0.3 is 0 Å². The predicted octanol–water partition coefficient (Wildman–Crippen LogP) is 5.35. The van der Waals surface area contributed by atoms with Gasteiger partial charge in [0.15, 0.2) is 0 Å². The van der Waals surface area contributed by atoms with Gasteiger partial charge in [-0.3, -0.25) is 0 Å². The van der Waals surface area contributed by atoms with Crippen molar-refractivity contribution in [2.45, 2.75) is 18.7 Å². The normalized spacial score (nSPS) is 13.0. The smallest absolute Gasteiger partial charge is 0.104 e. The first-order valence-electron chi connectivity index (χ1n) is 4.67. The molecule has 1 unspecified atom stereocenters. The molecule has 2 rings (SSSR count). The lowest BCUT2D eigenvalue weighted by Crippen LogP contribution is -1.91. The molecular formula is C11H10Cl2S2. The molecule has 2 aromatic rings. The Morgan fingerprint density at radius 3 is 2.47 bits per heavy atom. The topological polar surface area (TPSA) is 0 Å². The van der Waals surface area contributed by atoms with E-state index in [-0.39, 0.29) is 5.38 Å². The molecule has 0 amide bonds. The summed E-state index contributed by atoms with van der Waals surface area (Å²) in [6.07, 6.45) is 1.02. The molecule has 2 heterocycles. The van der Waals surface area contributed by atoms with Crippen LogP contribution in [-0.4, -0.2) is 0 Å². The van der Waals surface area contributed by atoms with Crippen LogP contribution in [0.1, 0.15) is 27.6 Å². The van der Waals surface area contributed by atoms with E-state index in [2.05, 4.69) is 18.4 Å². The highest BCUT2D eigenvalue weighted by molar-refractivity contribution is 7.12. The van der Waals surface area contributed by atoms with Gasteiger partial charge in [-0.1, -0.05) is 18.5 Å². The molecule has 0 N–H and O–H groups in total. The Morgan fingerprint density at radius 1 is 1.20 bits per heavy atom. The zero-order valence-electron chi connectivity index (χ0n) is 8.17. The first-order chi connectivity index (χ1) is 7.24. The molecule has 80 valence electrons. The maximum absolute atomic E-state index is 6.44. The van der Waals surface area contributed by atoms with Crippen LogP contribution < -0.4 is 0 Å². The summed E-state index contributed by atoms with van der Waals surface area (Å²) >= 11 is 15.8. The summed E-state index contributed by atoms with van der Waals surface area (Å²) in [6, 6.07) is 4.03. The summed E-state index contributed by atoms with van der Waals surface area (Å²) < 4.78 is 0. The first-order valence-corrected chi connectivity index (χ1v) is 7.24. The summed E-state index contributed by atoms with van der Waals surface area (Å²) in [4.78, 5) is 2.28. The van der Waals surface area contributed by atoms with Gasteiger partial charge in [0, 0.05) is 9.75 Å². The number of aryl methyl sites for hydroxylation is 1. The van der Waals surface area contributed by atoms with E-state index in [9.17, 15) is 0 Å². The van der Waals surface area contributed by atoms with Crippen LogP contribution in [0.5, 0.6) is 0 Å². The number of halogens is 2. The molecular weight excluding hydrogens is 267 g/mol. The molecule has 0 saturated carbocycles. The number of hydrogen-bond acceptors (Lipinski definition) is 2. The molecule has 0 spiro atoms. The fourth-order valence-corrected chi connectivity index (χ4v) is 4.29. The number of hydrogen-bond donors (Lipinski definition) is 0. The maximum Gasteiger partial charge on any atom is 0.104 e. The summed E-state index contributed by atoms with van der Waals surface area (Å²) in [5, 5.41) is 4.75. The zero-order chi connectivity index (χ0) is 10.8. The van der Waals surface area contributed by atoms with E-state index in [1.807, 2.05) is 11.4 Å². The predicted molar refractivity (Wildman–Crippen MR) is 70.7 cm³/mol. The highest BCUT2D eigenvalue weighted by atomic mass is 35.5. The standard InChI is InChI=1S/C11H10Cl2S2/c1-2-7-3-5-14-10(7)9(13)11-8(12)4-6-15-11/h3-6,9H,2H2,1H3. The van der Waals surface area contributed by atoms with E-state index in [1.54, 1.807) is 22.7 Å². The average molecular weight is 277 g/mol. The fraction of sp³-hybridized carbons (Fsp3) is 0.273. The maximum atomic E-state index is 6.44. The van der Waals surface area contributed by atoms with Gasteiger partial charge in [-0.25, -0.2) is 0 Å². The van der Waals surface area contributed by atoms with Crippen molar-refractivity contribution in [1.29, 1.82) is 0 Å². The Balaban J connectivity index is 2.36. The van der Waals surface area contributed by atoms with Gasteiger partial charge in [0.1, 0.15) is 5.38 Å². The molecule has 0 fully saturated rings. The van der Waals surface area contributed by atoms with Crippen molar-refractivity contribution in [2.75, 3.05) is 0 Å². The second-order valence-electron chi connectivity index (χ2n) is 3.16. The van der Waals surface area contributed by atoms with Crippen molar-refractivity contribution >= 4 is 45.9 Å². The molecule has 1 atom stereocenters. The number of alkyl halides is 1. The lowest BCUT2D eigenvalue weighted by Gasteiger charge is -2.08. The third-order valence-corrected chi connectivity index (χ3v) is 5.41. The highest BCUT2D eigenvalue weighted by Crippen LogP contribution is 2.40. The molecule has 2 aromatic heterocycles. The Hall–Kier alpha value is -0.0200. The molecule has 0 aromatic carbocycles. The van der Waals surface area contributed by atoms with Crippen LogP contribution in [0.2, 0.25) is 5.02 Å². The van der Waals surface area contributed by atoms with Crippen molar-refractivity contribution < 1.29 is 0 Å². The molecule has 0 bridgehead atoms. The minimum Gasteiger partial charge on any atom is -0.147 e. The van der Waals surface area contributed by atoms with E-state index >= 15 is 0 Å². The SMILES string of the molecule is CCc1ccsc1C(Cl)c1sccc1Cl. The van der Waals surface area contributed by atoms with Gasteiger partial charge >= 0.3 is 0 Å². The second-order valence-corrected chi connectivity index (χ2v) is 5.90. The van der Waals surface area contributed by atoms with E-state index in [1.165, 1.54) is 10.4 Å². The van der Waals surface area contributed by atoms with Crippen LogP contribution in [0.4, 0.5) is 0 Å². The molecule has 15 heavy (non-hydrogen) atoms. The summed E-state index contributed by atoms with van der Waals surface area (Å²) in [5.74, 6) is 0. The number of thiophene rings is 2. The van der Waals surface area contributed by atoms with E-state index < -0.39 is 0 Å². The van der Waals surface area contributed by atoms with Crippen molar-refractivity contribution in [3.05, 3.63) is 43.2 Å². The van der Waals surface area contributed by atoms with Gasteiger partial charge in [-0.15, -0.1) is 34.3 Å². The molecule has 0 nitrogen and oxygen atoms in total. The van der Waals surface area contributed by atoms with Crippen LogP contribution in [0.25, 0.3) is 0 Å². The van der Waals surface area contributed by atoms with Gasteiger partial charge in [-0.2, -0.15) is 0 Å². The molecule has 0 radical (unpaired) electrons. The van der Waals surface area contributed by atoms with Gasteiger partial charge in [-0.05, 0) is 34.9 Å². The average Bonchev–Trinajstić information content (AvgIpc) is 2.84. The minimum absolute atomic E-state index is 0.0903. The van der Waals surface area contributed by atoms with E-state index in [0.717, 1.165) is 16.3 Å². The van der Waals surface area contributed by atoms with Crippen molar-refractivity contribution in [2.24, 2.45) is 0 Å². The van der Waals surface area contributed by atoms with Crippen LogP contribution >= 0.6 is 45.9 Å². The first kappa shape index (κ1) is 11.5. The fourth-order valence-electron chi connectivity index (χ4n) is 1.47. The lowest BCUT2D eigenvalue weighted by atomic mass is 10.1. The Morgan fingerprint density at radius 2 is 1.87 bits per heavy atom. The quantitative estimate of drug-likeness (QED) is 0.663. The van der Waals surface area contributed by atoms with E-state index in [4.69, 9.17) is 23.2 Å². The Labute approximate surface area is 107 Å². The summed E-state index contributed by atoms with van der Waals surface area (Å²) in [6.45, 7) is 2.14. The van der Waals surface area contributed by atoms with E-state index in [0.29, 0.717) is 0 Å². The molecule has 0 saturated heterocycles. The summed E-state index contributed by atoms with van der Waals surface area (Å²) in [7, 11) is 0. The number of rotatable bonds is 3. The third kappa shape index (κ3) is 2.23. The molecule has 0 aliphatic carbocycles. The van der Waals surface area contributed by atoms with Gasteiger partial charge in [0.05, 0.1) is 5.02 Å². The third-order valence-electron chi connectivity index (χ3n) is 2.27. The van der Waals surface area contributed by atoms with Crippen LogP contribution in [0.3, 0.4) is 0 Å². The lowest BCUT2D eigenvalue weighted by molar-refractivity contribution is 1.09. The minimum atomic E-state index is -0.0903. The Bertz CT molecular complexity index is 445. The van der Waals surface area contributed by atoms with Crippen LogP contribution in [-0.2, 0) is 6.42 Å². The monoisotopic (exact) mass is 276 g/mol. The molecule has 0 aliphatic heterocycles. The van der Waals surface area contributed by atoms with Crippen molar-refractivity contribution in [1.82, 2.24) is 0 Å². The Kier molecular flexibility index (Phi) is 3.73. The summed E-state index contributed by atoms with van der Waals surface area (Å²) in [5.41, 5.74) is 1.32. The van der Waals surface area contributed by atoms with Crippen molar-refractivity contribution in [3.8, 4) is 0 Å². The second kappa shape index (κ2) is 4.88. The molecule has 0 aliphatic rings. The zero-order valence-corrected chi connectivity index (χ0v) is 11.3. The largest absolute Gasteiger partial charge is 0.147 e. The van der Waals surface area contributed by atoms with Crippen LogP contribution in [0.15, 0.2) is 22.9 Å².